The van der Waals surface area contributed by atoms with E-state index < -0.39 is 11.7 Å². The molecule has 0 aliphatic carbocycles. The molecule has 0 spiro atoms. The fourth-order valence-corrected chi connectivity index (χ4v) is 1.78. The molecule has 0 bridgehead atoms. The third kappa shape index (κ3) is 2.34. The summed E-state index contributed by atoms with van der Waals surface area (Å²) in [5.74, 6) is 0. The predicted molar refractivity (Wildman–Crippen MR) is 65.1 cm³/mol. The van der Waals surface area contributed by atoms with Gasteiger partial charge >= 0.3 is 6.18 Å². The number of anilines is 1. The van der Waals surface area contributed by atoms with Gasteiger partial charge in [-0.15, -0.1) is 0 Å². The number of alkyl halides is 3. The van der Waals surface area contributed by atoms with E-state index in [-0.39, 0.29) is 5.56 Å². The summed E-state index contributed by atoms with van der Waals surface area (Å²) in [6.07, 6.45) is -0.861. The first-order chi connectivity index (χ1) is 8.41. The maximum absolute atomic E-state index is 12.8. The Labute approximate surface area is 103 Å². The number of aromatic nitrogens is 1. The first kappa shape index (κ1) is 12.5. The number of benzene rings is 1. The highest BCUT2D eigenvalue weighted by Gasteiger charge is 2.32. The third-order valence-electron chi connectivity index (χ3n) is 2.81. The second-order valence-corrected chi connectivity index (χ2v) is 4.05. The number of rotatable bonds is 2. The molecule has 1 heterocycles. The average molecular weight is 254 g/mol. The molecule has 2 aromatic rings. The second kappa shape index (κ2) is 4.40. The van der Waals surface area contributed by atoms with Crippen LogP contribution < -0.4 is 5.32 Å². The zero-order valence-corrected chi connectivity index (χ0v) is 10.0. The van der Waals surface area contributed by atoms with Gasteiger partial charge < -0.3 is 9.88 Å². The van der Waals surface area contributed by atoms with Crippen LogP contribution in [0.1, 0.15) is 11.1 Å². The number of hydrogen-bond donors (Lipinski definition) is 1. The van der Waals surface area contributed by atoms with Gasteiger partial charge in [-0.1, -0.05) is 6.07 Å². The monoisotopic (exact) mass is 254 g/mol. The lowest BCUT2D eigenvalue weighted by atomic mass is 10.1. The fraction of sp³-hybridized carbons (Fsp3) is 0.231. The molecule has 0 saturated heterocycles. The van der Waals surface area contributed by atoms with Crippen LogP contribution in [0.15, 0.2) is 36.7 Å². The number of nitrogens with zero attached hydrogens (tertiary/aromatic N) is 1. The van der Waals surface area contributed by atoms with Crippen LogP contribution in [0.25, 0.3) is 5.69 Å². The number of halogens is 3. The summed E-state index contributed by atoms with van der Waals surface area (Å²) in [6.45, 7) is 1.46. The van der Waals surface area contributed by atoms with Crippen LogP contribution in [0.5, 0.6) is 0 Å². The van der Waals surface area contributed by atoms with Crippen LogP contribution in [0.3, 0.4) is 0 Å². The van der Waals surface area contributed by atoms with Crippen molar-refractivity contribution >= 4 is 5.69 Å². The molecule has 0 amide bonds. The quantitative estimate of drug-likeness (QED) is 0.861. The van der Waals surface area contributed by atoms with Crippen LogP contribution in [-0.4, -0.2) is 11.6 Å². The lowest BCUT2D eigenvalue weighted by Crippen LogP contribution is -2.08. The van der Waals surface area contributed by atoms with Crippen LogP contribution >= 0.6 is 0 Å². The van der Waals surface area contributed by atoms with E-state index in [1.54, 1.807) is 36.1 Å². The van der Waals surface area contributed by atoms with Crippen LogP contribution in [-0.2, 0) is 6.18 Å². The van der Waals surface area contributed by atoms with Crippen molar-refractivity contribution in [2.24, 2.45) is 0 Å². The highest BCUT2D eigenvalue weighted by atomic mass is 19.4. The smallest absolute Gasteiger partial charge is 0.387 e. The Morgan fingerprint density at radius 1 is 1.17 bits per heavy atom. The van der Waals surface area contributed by atoms with E-state index in [4.69, 9.17) is 0 Å². The molecule has 0 saturated carbocycles. The van der Waals surface area contributed by atoms with Gasteiger partial charge in [-0.3, -0.25) is 0 Å². The molecule has 0 aliphatic rings. The van der Waals surface area contributed by atoms with Crippen LogP contribution in [0.2, 0.25) is 0 Å². The van der Waals surface area contributed by atoms with Gasteiger partial charge in [-0.25, -0.2) is 0 Å². The summed E-state index contributed by atoms with van der Waals surface area (Å²) in [5.41, 5.74) is 0.977. The Morgan fingerprint density at radius 3 is 2.44 bits per heavy atom. The minimum Gasteiger partial charge on any atom is -0.387 e. The second-order valence-electron chi connectivity index (χ2n) is 4.05. The topological polar surface area (TPSA) is 17.0 Å². The van der Waals surface area contributed by atoms with Gasteiger partial charge in [0.15, 0.2) is 0 Å². The molecule has 2 rings (SSSR count). The molecule has 0 radical (unpaired) electrons. The number of aryl methyl sites for hydroxylation is 1. The molecular weight excluding hydrogens is 241 g/mol. The van der Waals surface area contributed by atoms with Gasteiger partial charge in [0.1, 0.15) is 0 Å². The molecular formula is C13H13F3N2. The Balaban J connectivity index is 2.47. The summed E-state index contributed by atoms with van der Waals surface area (Å²) >= 11 is 0. The Kier molecular flexibility index (Phi) is 3.07. The number of hydrogen-bond acceptors (Lipinski definition) is 1. The normalized spacial score (nSPS) is 11.6. The molecule has 5 heteroatoms. The molecule has 0 atom stereocenters. The van der Waals surface area contributed by atoms with Gasteiger partial charge in [0.05, 0.1) is 11.3 Å². The molecule has 0 aliphatic heterocycles. The van der Waals surface area contributed by atoms with E-state index in [0.717, 1.165) is 11.8 Å². The van der Waals surface area contributed by atoms with Crippen LogP contribution in [0.4, 0.5) is 18.9 Å². The standard InChI is InChI=1S/C13H13F3N2/c1-9-3-4-11(7-12(9)13(14,15)16)18-6-5-10(8-18)17-2/h3-8,17H,1-2H3. The highest BCUT2D eigenvalue weighted by molar-refractivity contribution is 5.47. The van der Waals surface area contributed by atoms with Crippen LogP contribution in [0, 0.1) is 6.92 Å². The SMILES string of the molecule is CNc1ccn(-c2ccc(C)c(C(F)(F)F)c2)c1. The first-order valence-electron chi connectivity index (χ1n) is 5.46. The minimum absolute atomic E-state index is 0.229. The summed E-state index contributed by atoms with van der Waals surface area (Å²) in [4.78, 5) is 0. The van der Waals surface area contributed by atoms with Gasteiger partial charge in [0, 0.05) is 25.1 Å². The zero-order valence-electron chi connectivity index (χ0n) is 10.0. The summed E-state index contributed by atoms with van der Waals surface area (Å²) in [7, 11) is 1.76. The zero-order chi connectivity index (χ0) is 13.3. The van der Waals surface area contributed by atoms with Crippen molar-refractivity contribution in [2.75, 3.05) is 12.4 Å². The molecule has 0 unspecified atom stereocenters. The highest BCUT2D eigenvalue weighted by Crippen LogP contribution is 2.33. The number of nitrogens with one attached hydrogen (secondary N) is 1. The van der Waals surface area contributed by atoms with Gasteiger partial charge in [0.25, 0.3) is 0 Å². The van der Waals surface area contributed by atoms with Gasteiger partial charge in [-0.2, -0.15) is 13.2 Å². The fourth-order valence-electron chi connectivity index (χ4n) is 1.78. The van der Waals surface area contributed by atoms with Crippen molar-refractivity contribution in [3.05, 3.63) is 47.8 Å². The summed E-state index contributed by atoms with van der Waals surface area (Å²) in [6, 6.07) is 6.11. The van der Waals surface area contributed by atoms with Crippen molar-refractivity contribution in [1.82, 2.24) is 4.57 Å². The van der Waals surface area contributed by atoms with E-state index in [9.17, 15) is 13.2 Å². The van der Waals surface area contributed by atoms with Crippen molar-refractivity contribution < 1.29 is 13.2 Å². The first-order valence-corrected chi connectivity index (χ1v) is 5.46. The molecule has 1 aromatic carbocycles. The molecule has 96 valence electrons. The maximum Gasteiger partial charge on any atom is 0.416 e. The van der Waals surface area contributed by atoms with Gasteiger partial charge in [0.2, 0.25) is 0 Å². The Bertz CT molecular complexity index is 556. The van der Waals surface area contributed by atoms with Crippen molar-refractivity contribution in [3.63, 3.8) is 0 Å². The molecule has 0 fully saturated rings. The lowest BCUT2D eigenvalue weighted by Gasteiger charge is -2.12. The molecule has 2 nitrogen and oxygen atoms in total. The molecule has 1 N–H and O–H groups in total. The Hall–Kier alpha value is -1.91. The van der Waals surface area contributed by atoms with E-state index in [1.807, 2.05) is 0 Å². The lowest BCUT2D eigenvalue weighted by molar-refractivity contribution is -0.138. The third-order valence-corrected chi connectivity index (χ3v) is 2.81. The van der Waals surface area contributed by atoms with Crippen molar-refractivity contribution in [3.8, 4) is 5.69 Å². The Morgan fingerprint density at radius 2 is 1.89 bits per heavy atom. The predicted octanol–water partition coefficient (Wildman–Crippen LogP) is 3.85. The van der Waals surface area contributed by atoms with Crippen molar-refractivity contribution in [1.29, 1.82) is 0 Å². The van der Waals surface area contributed by atoms with E-state index in [2.05, 4.69) is 5.32 Å². The molecule has 18 heavy (non-hydrogen) atoms. The van der Waals surface area contributed by atoms with E-state index >= 15 is 0 Å². The van der Waals surface area contributed by atoms with E-state index in [1.165, 1.54) is 13.0 Å². The average Bonchev–Trinajstić information content (AvgIpc) is 2.76. The largest absolute Gasteiger partial charge is 0.416 e. The summed E-state index contributed by atoms with van der Waals surface area (Å²) in [5, 5.41) is 2.93. The molecule has 1 aromatic heterocycles. The summed E-state index contributed by atoms with van der Waals surface area (Å²) < 4.78 is 40.0. The minimum atomic E-state index is -4.32. The van der Waals surface area contributed by atoms with Crippen molar-refractivity contribution in [2.45, 2.75) is 13.1 Å². The van der Waals surface area contributed by atoms with Gasteiger partial charge in [-0.05, 0) is 30.7 Å². The van der Waals surface area contributed by atoms with E-state index in [0.29, 0.717) is 5.69 Å². The maximum atomic E-state index is 12.8.